The summed E-state index contributed by atoms with van der Waals surface area (Å²) in [6.07, 6.45) is -10.4. The lowest BCUT2D eigenvalue weighted by molar-refractivity contribution is -0.140. The fourth-order valence-corrected chi connectivity index (χ4v) is 8.32. The predicted molar refractivity (Wildman–Crippen MR) is 139 cm³/mol. The molecule has 0 aromatic heterocycles. The molecule has 0 saturated carbocycles. The smallest absolute Gasteiger partial charge is 0.308 e. The summed E-state index contributed by atoms with van der Waals surface area (Å²) in [5.41, 5.74) is -3.54. The molecular weight excluding hydrogens is 559 g/mol. The van der Waals surface area contributed by atoms with Crippen LogP contribution in [0.15, 0.2) is 91.0 Å². The van der Waals surface area contributed by atoms with Crippen LogP contribution in [0.3, 0.4) is 0 Å². The van der Waals surface area contributed by atoms with E-state index >= 15 is 13.3 Å². The molecule has 0 amide bonds. The van der Waals surface area contributed by atoms with Gasteiger partial charge in [0, 0.05) is 5.30 Å². The van der Waals surface area contributed by atoms with Gasteiger partial charge in [-0.15, -0.1) is 0 Å². The second kappa shape index (κ2) is 8.77. The first kappa shape index (κ1) is 26.3. The Hall–Kier alpha value is -3.97. The lowest BCUT2D eigenvalue weighted by Crippen LogP contribution is -2.32. The Balaban J connectivity index is 1.80. The Morgan fingerprint density at radius 2 is 0.900 bits per heavy atom. The lowest BCUT2D eigenvalue weighted by Gasteiger charge is -2.25. The summed E-state index contributed by atoms with van der Waals surface area (Å²) < 4.78 is 129. The van der Waals surface area contributed by atoms with E-state index in [4.69, 9.17) is 0 Å². The van der Waals surface area contributed by atoms with Crippen molar-refractivity contribution in [2.75, 3.05) is 0 Å². The highest BCUT2D eigenvalue weighted by atomic mass is 31.2. The maximum Gasteiger partial charge on any atom is 0.419 e. The van der Waals surface area contributed by atoms with Crippen LogP contribution >= 0.6 is 7.14 Å². The highest BCUT2D eigenvalue weighted by Crippen LogP contribution is 2.49. The SMILES string of the molecule is O=P(c1cccc(C(F)(F)F)c1F)(c1cccc(C(F)(F)F)c1F)c1ccc2ccc3cccc4ccc1c2c34. The van der Waals surface area contributed by atoms with Gasteiger partial charge in [-0.25, -0.2) is 8.78 Å². The van der Waals surface area contributed by atoms with Crippen molar-refractivity contribution >= 4 is 55.4 Å². The van der Waals surface area contributed by atoms with Crippen LogP contribution in [0.5, 0.6) is 0 Å². The Labute approximate surface area is 221 Å². The van der Waals surface area contributed by atoms with Crippen LogP contribution in [0, 0.1) is 11.6 Å². The van der Waals surface area contributed by atoms with Crippen LogP contribution in [-0.2, 0) is 16.9 Å². The average molecular weight is 574 g/mol. The van der Waals surface area contributed by atoms with Crippen molar-refractivity contribution in [2.45, 2.75) is 12.4 Å². The van der Waals surface area contributed by atoms with Crippen molar-refractivity contribution in [2.24, 2.45) is 0 Å². The van der Waals surface area contributed by atoms with Gasteiger partial charge in [-0.05, 0) is 62.6 Å². The summed E-state index contributed by atoms with van der Waals surface area (Å²) in [6.45, 7) is 0. The Bertz CT molecular complexity index is 1910. The minimum absolute atomic E-state index is 0.193. The topological polar surface area (TPSA) is 17.1 Å². The summed E-state index contributed by atoms with van der Waals surface area (Å²) >= 11 is 0. The average Bonchev–Trinajstić information content (AvgIpc) is 2.90. The highest BCUT2D eigenvalue weighted by molar-refractivity contribution is 7.85. The molecule has 0 radical (unpaired) electrons. The zero-order valence-corrected chi connectivity index (χ0v) is 20.9. The molecule has 0 fully saturated rings. The number of hydrogen-bond donors (Lipinski definition) is 0. The van der Waals surface area contributed by atoms with Crippen LogP contribution in [0.25, 0.3) is 32.3 Å². The third-order valence-electron chi connectivity index (χ3n) is 7.09. The summed E-state index contributed by atoms with van der Waals surface area (Å²) in [5, 5.41) is 1.24. The van der Waals surface area contributed by atoms with Crippen LogP contribution in [0.2, 0.25) is 0 Å². The molecule has 40 heavy (non-hydrogen) atoms. The molecule has 0 saturated heterocycles. The van der Waals surface area contributed by atoms with Gasteiger partial charge in [0.25, 0.3) is 0 Å². The molecule has 0 aliphatic heterocycles. The van der Waals surface area contributed by atoms with E-state index in [0.717, 1.165) is 35.0 Å². The minimum atomic E-state index is -5.21. The monoisotopic (exact) mass is 574 g/mol. The number of rotatable bonds is 3. The molecule has 0 spiro atoms. The molecule has 0 aliphatic carbocycles. The zero-order chi connectivity index (χ0) is 28.6. The van der Waals surface area contributed by atoms with Crippen molar-refractivity contribution in [3.8, 4) is 0 Å². The third kappa shape index (κ3) is 3.79. The van der Waals surface area contributed by atoms with Crippen molar-refractivity contribution in [1.82, 2.24) is 0 Å². The van der Waals surface area contributed by atoms with E-state index in [9.17, 15) is 26.3 Å². The first-order valence-electron chi connectivity index (χ1n) is 11.8. The largest absolute Gasteiger partial charge is 0.419 e. The number of alkyl halides is 6. The van der Waals surface area contributed by atoms with Crippen LogP contribution in [0.1, 0.15) is 11.1 Å². The Morgan fingerprint density at radius 3 is 1.40 bits per heavy atom. The van der Waals surface area contributed by atoms with E-state index in [1.54, 1.807) is 12.1 Å². The normalized spacial score (nSPS) is 13.1. The molecule has 0 aliphatic rings. The van der Waals surface area contributed by atoms with Crippen LogP contribution in [0.4, 0.5) is 35.1 Å². The van der Waals surface area contributed by atoms with E-state index in [2.05, 4.69) is 0 Å². The molecule has 6 rings (SSSR count). The van der Waals surface area contributed by atoms with Gasteiger partial charge < -0.3 is 4.57 Å². The molecular formula is C30H15F8OP. The van der Waals surface area contributed by atoms with Gasteiger partial charge in [0.2, 0.25) is 0 Å². The van der Waals surface area contributed by atoms with Gasteiger partial charge in [-0.2, -0.15) is 26.3 Å². The fraction of sp³-hybridized carbons (Fsp3) is 0.0667. The standard InChI is InChI=1S/C30H15F8OP/c31-27-20(29(33,34)35)6-2-8-23(27)40(39,24-9-3-7-21(28(24)32)30(36,37)38)22-15-13-18-11-10-16-4-1-5-17-12-14-19(22)26(18)25(16)17/h1-15H. The number of benzene rings is 6. The molecule has 0 atom stereocenters. The van der Waals surface area contributed by atoms with Crippen LogP contribution in [-0.4, -0.2) is 0 Å². The third-order valence-corrected chi connectivity index (χ3v) is 10.2. The van der Waals surface area contributed by atoms with Gasteiger partial charge in [0.05, 0.1) is 21.7 Å². The zero-order valence-electron chi connectivity index (χ0n) is 20.0. The number of halogens is 8. The molecule has 0 N–H and O–H groups in total. The van der Waals surface area contributed by atoms with E-state index in [1.165, 1.54) is 18.2 Å². The maximum atomic E-state index is 15.7. The van der Waals surface area contributed by atoms with Gasteiger partial charge in [0.1, 0.15) is 11.6 Å². The quantitative estimate of drug-likeness (QED) is 0.118. The molecule has 10 heteroatoms. The molecule has 202 valence electrons. The van der Waals surface area contributed by atoms with Gasteiger partial charge in [0.15, 0.2) is 7.14 Å². The summed E-state index contributed by atoms with van der Waals surface area (Å²) in [5.74, 6) is -3.89. The fourth-order valence-electron chi connectivity index (χ4n) is 5.35. The van der Waals surface area contributed by atoms with Crippen molar-refractivity contribution in [3.05, 3.63) is 114 Å². The van der Waals surface area contributed by atoms with E-state index in [1.807, 2.05) is 24.3 Å². The summed E-state index contributed by atoms with van der Waals surface area (Å²) in [6, 6.07) is 19.0. The van der Waals surface area contributed by atoms with E-state index in [0.29, 0.717) is 28.3 Å². The summed E-state index contributed by atoms with van der Waals surface area (Å²) in [4.78, 5) is 0. The van der Waals surface area contributed by atoms with E-state index in [-0.39, 0.29) is 10.7 Å². The second-order valence-corrected chi connectivity index (χ2v) is 12.0. The van der Waals surface area contributed by atoms with Crippen molar-refractivity contribution in [3.63, 3.8) is 0 Å². The minimum Gasteiger partial charge on any atom is -0.308 e. The van der Waals surface area contributed by atoms with Crippen molar-refractivity contribution < 1.29 is 39.7 Å². The van der Waals surface area contributed by atoms with Gasteiger partial charge in [-0.3, -0.25) is 0 Å². The molecule has 0 bridgehead atoms. The molecule has 1 nitrogen and oxygen atoms in total. The predicted octanol–water partition coefficient (Wildman–Crippen LogP) is 8.54. The maximum absolute atomic E-state index is 15.7. The lowest BCUT2D eigenvalue weighted by atomic mass is 9.94. The van der Waals surface area contributed by atoms with Crippen LogP contribution < -0.4 is 15.9 Å². The molecule has 0 heterocycles. The van der Waals surface area contributed by atoms with Crippen molar-refractivity contribution in [1.29, 1.82) is 0 Å². The van der Waals surface area contributed by atoms with E-state index < -0.39 is 52.9 Å². The molecule has 0 unspecified atom stereocenters. The Morgan fingerprint density at radius 1 is 0.475 bits per heavy atom. The van der Waals surface area contributed by atoms with Gasteiger partial charge >= 0.3 is 12.4 Å². The summed E-state index contributed by atoms with van der Waals surface area (Å²) in [7, 11) is -5.05. The number of hydrogen-bond acceptors (Lipinski definition) is 1. The molecule has 6 aromatic carbocycles. The first-order chi connectivity index (χ1) is 18.8. The first-order valence-corrected chi connectivity index (χ1v) is 13.5. The Kier molecular flexibility index (Phi) is 5.75. The van der Waals surface area contributed by atoms with Gasteiger partial charge in [-0.1, -0.05) is 60.7 Å². The second-order valence-electron chi connectivity index (χ2n) is 9.32. The highest BCUT2D eigenvalue weighted by Gasteiger charge is 2.44. The molecule has 6 aromatic rings.